The molecule has 0 saturated carbocycles. The predicted molar refractivity (Wildman–Crippen MR) is 68.8 cm³/mol. The maximum Gasteiger partial charge on any atom is 0.242 e. The number of aryl methyl sites for hydroxylation is 1. The van der Waals surface area contributed by atoms with Crippen LogP contribution in [-0.4, -0.2) is 18.1 Å². The lowest BCUT2D eigenvalue weighted by Crippen LogP contribution is -2.22. The van der Waals surface area contributed by atoms with Crippen LogP contribution in [0.2, 0.25) is 0 Å². The van der Waals surface area contributed by atoms with Crippen molar-refractivity contribution in [3.8, 4) is 0 Å². The Bertz CT molecular complexity index is 607. The first-order valence-electron chi connectivity index (χ1n) is 5.88. The molecule has 0 radical (unpaired) electrons. The Kier molecular flexibility index (Phi) is 4.08. The van der Waals surface area contributed by atoms with E-state index >= 15 is 0 Å². The number of aromatic nitrogens is 1. The first-order chi connectivity index (χ1) is 9.06. The summed E-state index contributed by atoms with van der Waals surface area (Å²) in [5, 5.41) is 9.16. The van der Waals surface area contributed by atoms with Crippen LogP contribution in [0, 0.1) is 0 Å². The van der Waals surface area contributed by atoms with Gasteiger partial charge >= 0.3 is 0 Å². The summed E-state index contributed by atoms with van der Waals surface area (Å²) >= 11 is 0. The standard InChI is InChI=1S/C12H16N2O4S/c1-2-14-8-12(6-10(14)9-15)19(16,17)13-7-11-4-3-5-18-11/h3-6,8,13,15H,2,7,9H2,1H3. The number of furan rings is 1. The molecule has 2 aromatic rings. The quantitative estimate of drug-likeness (QED) is 0.831. The molecule has 19 heavy (non-hydrogen) atoms. The van der Waals surface area contributed by atoms with E-state index in [1.54, 1.807) is 16.7 Å². The second-order valence-corrected chi connectivity index (χ2v) is 5.78. The van der Waals surface area contributed by atoms with E-state index in [2.05, 4.69) is 4.72 Å². The molecule has 2 rings (SSSR count). The summed E-state index contributed by atoms with van der Waals surface area (Å²) in [5.74, 6) is 0.542. The van der Waals surface area contributed by atoms with Gasteiger partial charge in [0.1, 0.15) is 5.76 Å². The molecule has 0 aliphatic heterocycles. The molecule has 0 aliphatic carbocycles. The van der Waals surface area contributed by atoms with Crippen molar-refractivity contribution >= 4 is 10.0 Å². The molecule has 0 atom stereocenters. The summed E-state index contributed by atoms with van der Waals surface area (Å²) in [7, 11) is -3.60. The minimum Gasteiger partial charge on any atom is -0.468 e. The highest BCUT2D eigenvalue weighted by Gasteiger charge is 2.18. The third kappa shape index (κ3) is 3.06. The Labute approximate surface area is 111 Å². The van der Waals surface area contributed by atoms with E-state index in [1.165, 1.54) is 18.5 Å². The van der Waals surface area contributed by atoms with Crippen molar-refractivity contribution in [1.82, 2.24) is 9.29 Å². The summed E-state index contributed by atoms with van der Waals surface area (Å²) in [5.41, 5.74) is 0.570. The summed E-state index contributed by atoms with van der Waals surface area (Å²) in [6.45, 7) is 2.39. The molecule has 2 N–H and O–H groups in total. The molecule has 104 valence electrons. The molecule has 0 unspecified atom stereocenters. The van der Waals surface area contributed by atoms with Crippen molar-refractivity contribution < 1.29 is 17.9 Å². The van der Waals surface area contributed by atoms with Crippen molar-refractivity contribution in [2.75, 3.05) is 0 Å². The number of nitrogens with one attached hydrogen (secondary N) is 1. The fourth-order valence-corrected chi connectivity index (χ4v) is 2.82. The van der Waals surface area contributed by atoms with Crippen molar-refractivity contribution in [1.29, 1.82) is 0 Å². The molecule has 0 amide bonds. The predicted octanol–water partition coefficient (Wildman–Crippen LogP) is 1.07. The van der Waals surface area contributed by atoms with Crippen molar-refractivity contribution in [2.45, 2.75) is 31.5 Å². The van der Waals surface area contributed by atoms with Crippen LogP contribution in [0.15, 0.2) is 40.0 Å². The van der Waals surface area contributed by atoms with E-state index in [0.717, 1.165) is 0 Å². The molecule has 0 spiro atoms. The van der Waals surface area contributed by atoms with Crippen LogP contribution < -0.4 is 4.72 Å². The van der Waals surface area contributed by atoms with Gasteiger partial charge < -0.3 is 14.1 Å². The van der Waals surface area contributed by atoms with Gasteiger partial charge in [-0.3, -0.25) is 0 Å². The van der Waals surface area contributed by atoms with Gasteiger partial charge in [-0.15, -0.1) is 0 Å². The molecule has 0 fully saturated rings. The van der Waals surface area contributed by atoms with E-state index in [4.69, 9.17) is 9.52 Å². The molecule has 0 aromatic carbocycles. The summed E-state index contributed by atoms with van der Waals surface area (Å²) in [4.78, 5) is 0.143. The van der Waals surface area contributed by atoms with Crippen LogP contribution in [-0.2, 0) is 29.7 Å². The lowest BCUT2D eigenvalue weighted by molar-refractivity contribution is 0.271. The topological polar surface area (TPSA) is 84.5 Å². The zero-order valence-electron chi connectivity index (χ0n) is 10.5. The Morgan fingerprint density at radius 1 is 1.47 bits per heavy atom. The lowest BCUT2D eigenvalue weighted by atomic mass is 10.4. The van der Waals surface area contributed by atoms with Gasteiger partial charge in [0.15, 0.2) is 0 Å². The SMILES string of the molecule is CCn1cc(S(=O)(=O)NCc2ccco2)cc1CO. The van der Waals surface area contributed by atoms with Gasteiger partial charge in [-0.1, -0.05) is 0 Å². The number of hydrogen-bond donors (Lipinski definition) is 2. The molecule has 0 bridgehead atoms. The van der Waals surface area contributed by atoms with Gasteiger partial charge in [-0.2, -0.15) is 0 Å². The van der Waals surface area contributed by atoms with Gasteiger partial charge in [0, 0.05) is 18.4 Å². The molecule has 2 heterocycles. The third-order valence-electron chi connectivity index (χ3n) is 2.79. The van der Waals surface area contributed by atoms with Crippen LogP contribution in [0.25, 0.3) is 0 Å². The summed E-state index contributed by atoms with van der Waals surface area (Å²) < 4.78 is 33.4. The van der Waals surface area contributed by atoms with Gasteiger partial charge in [-0.25, -0.2) is 13.1 Å². The maximum absolute atomic E-state index is 12.1. The molecular weight excluding hydrogens is 268 g/mol. The van der Waals surface area contributed by atoms with Crippen molar-refractivity contribution in [2.24, 2.45) is 0 Å². The number of rotatable bonds is 6. The van der Waals surface area contributed by atoms with Crippen LogP contribution in [0.3, 0.4) is 0 Å². The smallest absolute Gasteiger partial charge is 0.242 e. The Hall–Kier alpha value is -1.57. The normalized spacial score (nSPS) is 11.9. The fraction of sp³-hybridized carbons (Fsp3) is 0.333. The van der Waals surface area contributed by atoms with Gasteiger partial charge in [-0.05, 0) is 25.1 Å². The number of nitrogens with zero attached hydrogens (tertiary/aromatic N) is 1. The number of hydrogen-bond acceptors (Lipinski definition) is 4. The van der Waals surface area contributed by atoms with E-state index in [1.807, 2.05) is 6.92 Å². The second-order valence-electron chi connectivity index (χ2n) is 4.02. The highest BCUT2D eigenvalue weighted by Crippen LogP contribution is 2.15. The first kappa shape index (κ1) is 13.9. The minimum atomic E-state index is -3.60. The monoisotopic (exact) mass is 284 g/mol. The number of sulfonamides is 1. The van der Waals surface area contributed by atoms with Gasteiger partial charge in [0.25, 0.3) is 0 Å². The second kappa shape index (κ2) is 5.60. The maximum atomic E-state index is 12.1. The first-order valence-corrected chi connectivity index (χ1v) is 7.37. The van der Waals surface area contributed by atoms with Crippen LogP contribution in [0.4, 0.5) is 0 Å². The highest BCUT2D eigenvalue weighted by molar-refractivity contribution is 7.89. The van der Waals surface area contributed by atoms with Crippen molar-refractivity contribution in [3.05, 3.63) is 42.1 Å². The molecule has 0 aliphatic rings. The minimum absolute atomic E-state index is 0.0983. The molecule has 7 heteroatoms. The lowest BCUT2D eigenvalue weighted by Gasteiger charge is -2.02. The number of aliphatic hydroxyl groups excluding tert-OH is 1. The highest BCUT2D eigenvalue weighted by atomic mass is 32.2. The van der Waals surface area contributed by atoms with Crippen LogP contribution in [0.1, 0.15) is 18.4 Å². The van der Waals surface area contributed by atoms with Gasteiger partial charge in [0.2, 0.25) is 10.0 Å². The summed E-state index contributed by atoms with van der Waals surface area (Å²) in [6.07, 6.45) is 3.00. The van der Waals surface area contributed by atoms with Gasteiger partial charge in [0.05, 0.1) is 24.3 Å². The summed E-state index contributed by atoms with van der Waals surface area (Å²) in [6, 6.07) is 4.86. The van der Waals surface area contributed by atoms with E-state index in [-0.39, 0.29) is 18.0 Å². The Morgan fingerprint density at radius 2 is 2.26 bits per heavy atom. The van der Waals surface area contributed by atoms with E-state index in [0.29, 0.717) is 18.0 Å². The largest absolute Gasteiger partial charge is 0.468 e. The zero-order valence-corrected chi connectivity index (χ0v) is 11.4. The Morgan fingerprint density at radius 3 is 2.79 bits per heavy atom. The van der Waals surface area contributed by atoms with Crippen molar-refractivity contribution in [3.63, 3.8) is 0 Å². The molecule has 2 aromatic heterocycles. The average Bonchev–Trinajstić information content (AvgIpc) is 3.05. The molecule has 6 nitrogen and oxygen atoms in total. The number of aliphatic hydroxyl groups is 1. The average molecular weight is 284 g/mol. The molecule has 0 saturated heterocycles. The van der Waals surface area contributed by atoms with E-state index < -0.39 is 10.0 Å². The Balaban J connectivity index is 2.17. The molecular formula is C12H16N2O4S. The van der Waals surface area contributed by atoms with E-state index in [9.17, 15) is 8.42 Å². The fourth-order valence-electron chi connectivity index (χ4n) is 1.76. The van der Waals surface area contributed by atoms with Crippen LogP contribution in [0.5, 0.6) is 0 Å². The third-order valence-corrected chi connectivity index (χ3v) is 4.16. The zero-order chi connectivity index (χ0) is 13.9. The van der Waals surface area contributed by atoms with Crippen LogP contribution >= 0.6 is 0 Å².